The number of amides is 1. The number of carbonyl (C=O) groups excluding carboxylic acids is 1. The zero-order valence-electron chi connectivity index (χ0n) is 16.6. The van der Waals surface area contributed by atoms with Gasteiger partial charge >= 0.3 is 0 Å². The van der Waals surface area contributed by atoms with Gasteiger partial charge in [-0.25, -0.2) is 0 Å². The Morgan fingerprint density at radius 3 is 2.59 bits per heavy atom. The first-order valence-electron chi connectivity index (χ1n) is 10.3. The van der Waals surface area contributed by atoms with Crippen LogP contribution in [0.2, 0.25) is 0 Å². The number of hydrogen-bond donors (Lipinski definition) is 0. The molecule has 5 heterocycles. The van der Waals surface area contributed by atoms with Crippen molar-refractivity contribution in [3.8, 4) is 11.5 Å². The summed E-state index contributed by atoms with van der Waals surface area (Å²) in [6, 6.07) is 7.17. The van der Waals surface area contributed by atoms with E-state index in [0.717, 1.165) is 18.0 Å². The van der Waals surface area contributed by atoms with Gasteiger partial charge in [-0.3, -0.25) is 9.69 Å². The predicted molar refractivity (Wildman–Crippen MR) is 103 cm³/mol. The molecule has 6 rings (SSSR count). The fourth-order valence-corrected chi connectivity index (χ4v) is 5.70. The zero-order valence-corrected chi connectivity index (χ0v) is 16.6. The van der Waals surface area contributed by atoms with Crippen LogP contribution in [0.3, 0.4) is 0 Å². The van der Waals surface area contributed by atoms with Crippen LogP contribution in [0, 0.1) is 11.3 Å². The molecule has 1 aromatic carbocycles. The molecular formula is C22H30N2O3. The highest BCUT2D eigenvalue weighted by atomic mass is 16.7. The van der Waals surface area contributed by atoms with Gasteiger partial charge in [0.05, 0.1) is 6.04 Å². The smallest absolute Gasteiger partial charge is 0.231 e. The van der Waals surface area contributed by atoms with Crippen LogP contribution in [0.5, 0.6) is 11.5 Å². The van der Waals surface area contributed by atoms with Crippen molar-refractivity contribution in [2.45, 2.75) is 58.0 Å². The minimum Gasteiger partial charge on any atom is -0.454 e. The number of fused-ring (bicyclic) bond motifs is 3. The van der Waals surface area contributed by atoms with Crippen molar-refractivity contribution in [2.24, 2.45) is 11.3 Å². The van der Waals surface area contributed by atoms with E-state index in [-0.39, 0.29) is 5.41 Å². The molecule has 0 aromatic heterocycles. The predicted octanol–water partition coefficient (Wildman–Crippen LogP) is 3.24. The van der Waals surface area contributed by atoms with E-state index >= 15 is 0 Å². The highest BCUT2D eigenvalue weighted by Gasteiger charge is 2.54. The number of hydrogen-bond acceptors (Lipinski definition) is 4. The zero-order chi connectivity index (χ0) is 18.8. The second-order valence-electron chi connectivity index (χ2n) is 9.86. The monoisotopic (exact) mass is 370 g/mol. The first-order valence-corrected chi connectivity index (χ1v) is 10.3. The molecule has 4 fully saturated rings. The molecule has 1 amide bonds. The lowest BCUT2D eigenvalue weighted by Gasteiger charge is -2.51. The van der Waals surface area contributed by atoms with Gasteiger partial charge in [-0.15, -0.1) is 0 Å². The minimum atomic E-state index is 0.0252. The van der Waals surface area contributed by atoms with E-state index in [1.165, 1.54) is 31.5 Å². The Bertz CT molecular complexity index is 748. The van der Waals surface area contributed by atoms with Crippen molar-refractivity contribution in [1.82, 2.24) is 9.80 Å². The normalized spacial score (nSPS) is 34.0. The summed E-state index contributed by atoms with van der Waals surface area (Å²) in [5, 5.41) is 0. The van der Waals surface area contributed by atoms with E-state index < -0.39 is 0 Å². The molecule has 0 spiro atoms. The van der Waals surface area contributed by atoms with Crippen molar-refractivity contribution < 1.29 is 14.3 Å². The van der Waals surface area contributed by atoms with E-state index in [0.29, 0.717) is 43.0 Å². The molecular weight excluding hydrogens is 340 g/mol. The summed E-state index contributed by atoms with van der Waals surface area (Å²) >= 11 is 0. The Morgan fingerprint density at radius 2 is 1.85 bits per heavy atom. The molecule has 0 radical (unpaired) electrons. The van der Waals surface area contributed by atoms with Gasteiger partial charge in [0.15, 0.2) is 11.5 Å². The molecule has 5 nitrogen and oxygen atoms in total. The molecule has 0 unspecified atom stereocenters. The van der Waals surface area contributed by atoms with Crippen LogP contribution >= 0.6 is 0 Å². The SMILES string of the molecule is CC(C)(C)CC(=O)N1C[C@H](c2ccc3c(c2)OCO3)[C@H]2[C@@H]1C1CCN2CC1. The molecule has 5 heteroatoms. The second kappa shape index (κ2) is 6.13. The quantitative estimate of drug-likeness (QED) is 0.802. The van der Waals surface area contributed by atoms with Crippen molar-refractivity contribution >= 4 is 5.91 Å². The molecule has 0 saturated carbocycles. The maximum Gasteiger partial charge on any atom is 0.231 e. The summed E-state index contributed by atoms with van der Waals surface area (Å²) in [5.74, 6) is 3.02. The topological polar surface area (TPSA) is 42.0 Å². The lowest BCUT2D eigenvalue weighted by atomic mass is 9.75. The summed E-state index contributed by atoms with van der Waals surface area (Å²) in [7, 11) is 0. The maximum atomic E-state index is 13.2. The van der Waals surface area contributed by atoms with E-state index in [1.54, 1.807) is 0 Å². The number of ether oxygens (including phenoxy) is 2. The summed E-state index contributed by atoms with van der Waals surface area (Å²) in [5.41, 5.74) is 1.31. The van der Waals surface area contributed by atoms with Gasteiger partial charge in [-0.1, -0.05) is 26.8 Å². The number of benzene rings is 1. The summed E-state index contributed by atoms with van der Waals surface area (Å²) in [6.07, 6.45) is 3.08. The Balaban J connectivity index is 1.48. The van der Waals surface area contributed by atoms with Crippen molar-refractivity contribution in [2.75, 3.05) is 26.4 Å². The number of carbonyl (C=O) groups is 1. The van der Waals surface area contributed by atoms with Gasteiger partial charge in [0.25, 0.3) is 0 Å². The molecule has 5 aliphatic rings. The minimum absolute atomic E-state index is 0.0252. The van der Waals surface area contributed by atoms with Gasteiger partial charge in [-0.05, 0) is 55.0 Å². The molecule has 0 N–H and O–H groups in total. The highest BCUT2D eigenvalue weighted by molar-refractivity contribution is 5.78. The second-order valence-corrected chi connectivity index (χ2v) is 9.86. The summed E-state index contributed by atoms with van der Waals surface area (Å²) in [4.78, 5) is 18.1. The van der Waals surface area contributed by atoms with Crippen LogP contribution < -0.4 is 9.47 Å². The van der Waals surface area contributed by atoms with Gasteiger partial charge in [0.1, 0.15) is 0 Å². The number of likely N-dealkylation sites (tertiary alicyclic amines) is 1. The molecule has 1 aromatic rings. The maximum absolute atomic E-state index is 13.2. The fraction of sp³-hybridized carbons (Fsp3) is 0.682. The van der Waals surface area contributed by atoms with E-state index in [1.807, 2.05) is 6.07 Å². The molecule has 27 heavy (non-hydrogen) atoms. The lowest BCUT2D eigenvalue weighted by Crippen LogP contribution is -2.60. The summed E-state index contributed by atoms with van der Waals surface area (Å²) < 4.78 is 11.1. The number of piperidine rings is 3. The Hall–Kier alpha value is -1.75. The van der Waals surface area contributed by atoms with Gasteiger partial charge < -0.3 is 14.4 Å². The van der Waals surface area contributed by atoms with Crippen LogP contribution in [0.4, 0.5) is 0 Å². The molecule has 5 aliphatic heterocycles. The lowest BCUT2D eigenvalue weighted by molar-refractivity contribution is -0.137. The first kappa shape index (κ1) is 17.4. The average Bonchev–Trinajstić information content (AvgIpc) is 3.26. The fourth-order valence-electron chi connectivity index (χ4n) is 5.70. The van der Waals surface area contributed by atoms with Crippen molar-refractivity contribution in [3.63, 3.8) is 0 Å². The van der Waals surface area contributed by atoms with Crippen molar-refractivity contribution in [3.05, 3.63) is 23.8 Å². The Kier molecular flexibility index (Phi) is 3.94. The van der Waals surface area contributed by atoms with Crippen LogP contribution in [0.25, 0.3) is 0 Å². The largest absolute Gasteiger partial charge is 0.454 e. The van der Waals surface area contributed by atoms with Crippen LogP contribution in [0.15, 0.2) is 18.2 Å². The number of nitrogens with zero attached hydrogens (tertiary/aromatic N) is 2. The van der Waals surface area contributed by atoms with Crippen molar-refractivity contribution in [1.29, 1.82) is 0 Å². The van der Waals surface area contributed by atoms with Gasteiger partial charge in [0.2, 0.25) is 12.7 Å². The van der Waals surface area contributed by atoms with E-state index in [9.17, 15) is 4.79 Å². The van der Waals surface area contributed by atoms with Gasteiger partial charge in [-0.2, -0.15) is 0 Å². The highest BCUT2D eigenvalue weighted by Crippen LogP contribution is 2.48. The molecule has 2 bridgehead atoms. The van der Waals surface area contributed by atoms with Crippen LogP contribution in [-0.2, 0) is 4.79 Å². The Labute approximate surface area is 161 Å². The number of rotatable bonds is 2. The van der Waals surface area contributed by atoms with E-state index in [2.05, 4.69) is 42.7 Å². The molecule has 146 valence electrons. The molecule has 4 saturated heterocycles. The van der Waals surface area contributed by atoms with Gasteiger partial charge in [0, 0.05) is 24.9 Å². The van der Waals surface area contributed by atoms with Crippen LogP contribution in [-0.4, -0.2) is 54.2 Å². The third-order valence-corrected chi connectivity index (χ3v) is 6.82. The molecule has 3 atom stereocenters. The summed E-state index contributed by atoms with van der Waals surface area (Å²) in [6.45, 7) is 9.96. The Morgan fingerprint density at radius 1 is 1.11 bits per heavy atom. The third kappa shape index (κ3) is 2.91. The van der Waals surface area contributed by atoms with E-state index in [4.69, 9.17) is 9.47 Å². The first-order chi connectivity index (χ1) is 12.9. The average molecular weight is 370 g/mol. The third-order valence-electron chi connectivity index (χ3n) is 6.82. The molecule has 0 aliphatic carbocycles. The van der Waals surface area contributed by atoms with Crippen LogP contribution in [0.1, 0.15) is 51.5 Å². The standard InChI is InChI=1S/C22H30N2O3/c1-22(2,3)11-19(25)24-12-16(15-4-5-17-18(10-15)27-13-26-17)21-20(24)14-6-8-23(21)9-7-14/h4-5,10,14,16,20-21H,6-9,11-13H2,1-3H3/t16-,20+,21+/m1/s1.